The number of halogens is 3. The molecule has 80 heavy (non-hydrogen) atoms. The third kappa shape index (κ3) is 8.00. The van der Waals surface area contributed by atoms with E-state index in [1.54, 1.807) is 12.1 Å². The Bertz CT molecular complexity index is 4150. The topological polar surface area (TPSA) is 21.8 Å². The molecular formula is C70H60B3F3N4. The highest BCUT2D eigenvalue weighted by Crippen LogP contribution is 2.49. The molecule has 0 amide bonds. The summed E-state index contributed by atoms with van der Waals surface area (Å²) < 4.78 is 51.1. The summed E-state index contributed by atoms with van der Waals surface area (Å²) in [6.07, 6.45) is 0. The van der Waals surface area contributed by atoms with E-state index in [0.29, 0.717) is 17.1 Å². The van der Waals surface area contributed by atoms with Gasteiger partial charge in [-0.2, -0.15) is 0 Å². The largest absolute Gasteiger partial charge is 0.355 e. The lowest BCUT2D eigenvalue weighted by Gasteiger charge is -2.46. The lowest BCUT2D eigenvalue weighted by molar-refractivity contribution is 0.586. The Balaban J connectivity index is 1.15. The number of hydrogen-bond donors (Lipinski definition) is 1. The highest BCUT2D eigenvalue weighted by molar-refractivity contribution is 7.02. The SMILES string of the molecule is Cc1cc(C)c2c(c1)N(c1c(C)cccc1F)c1ccccc1B2c1cc2c(cc1C)N(c1c(F)cccc1F)c1cc(Nc3c(C)cccc3C)cc3c1B2c1cc(Bc2ccccc2C)c(C)cc1N3c1c(C)cccc1C. The van der Waals surface area contributed by atoms with E-state index in [-0.39, 0.29) is 18.2 Å². The van der Waals surface area contributed by atoms with Crippen molar-refractivity contribution in [1.29, 1.82) is 0 Å². The van der Waals surface area contributed by atoms with Crippen molar-refractivity contribution in [3.63, 3.8) is 0 Å². The van der Waals surface area contributed by atoms with E-state index in [4.69, 9.17) is 0 Å². The smallest absolute Gasteiger partial charge is 0.252 e. The zero-order valence-electron chi connectivity index (χ0n) is 47.0. The molecule has 0 bridgehead atoms. The van der Waals surface area contributed by atoms with E-state index in [0.717, 1.165) is 124 Å². The first-order valence-corrected chi connectivity index (χ1v) is 27.8. The fourth-order valence-electron chi connectivity index (χ4n) is 13.7. The van der Waals surface area contributed by atoms with Gasteiger partial charge in [-0.15, -0.1) is 0 Å². The Kier molecular flexibility index (Phi) is 12.3. The fourth-order valence-corrected chi connectivity index (χ4v) is 13.7. The molecule has 10 heteroatoms. The molecule has 10 aromatic carbocycles. The van der Waals surface area contributed by atoms with Crippen molar-refractivity contribution >= 4 is 127 Å². The van der Waals surface area contributed by atoms with Crippen LogP contribution in [0.15, 0.2) is 170 Å². The molecule has 390 valence electrons. The number of nitrogens with zero attached hydrogens (tertiary/aromatic N) is 3. The predicted molar refractivity (Wildman–Crippen MR) is 336 cm³/mol. The van der Waals surface area contributed by atoms with Crippen molar-refractivity contribution < 1.29 is 13.2 Å². The lowest BCUT2D eigenvalue weighted by Crippen LogP contribution is -2.64. The standard InChI is InChI=1S/C70H60B3F3N4/c1-39-31-48(10)65-62(32-39)78(69-45(7)24-17-27-56(69)74)59-30-14-13-26-52(59)72(65)53-38-55-61(34-47(53)9)80(70-57(75)28-18-29-58(70)76)64-36-49(77-67-41(3)20-15-21-42(67)4)35-63-66(64)73(55)54-37-51(71-50-25-12-11-19-40(50)2)46(8)33-60(54)79(63)68-43(5)22-16-23-44(68)6/h11-38,71,77H,1-10H3. The molecule has 0 fully saturated rings. The maximum Gasteiger partial charge on any atom is 0.252 e. The van der Waals surface area contributed by atoms with Crippen LogP contribution in [0.2, 0.25) is 0 Å². The Hall–Kier alpha value is -8.62. The second-order valence-corrected chi connectivity index (χ2v) is 22.7. The number of hydrogen-bond acceptors (Lipinski definition) is 4. The molecule has 3 heterocycles. The third-order valence-corrected chi connectivity index (χ3v) is 17.4. The number of para-hydroxylation sites is 5. The van der Waals surface area contributed by atoms with Gasteiger partial charge in [0.1, 0.15) is 23.1 Å². The number of fused-ring (bicyclic) bond motifs is 6. The molecule has 3 aliphatic rings. The molecule has 0 aromatic heterocycles. The normalized spacial score (nSPS) is 12.9. The van der Waals surface area contributed by atoms with Crippen LogP contribution in [0.25, 0.3) is 0 Å². The molecule has 0 aliphatic carbocycles. The second kappa shape index (κ2) is 19.3. The monoisotopic (exact) mass is 1050 g/mol. The van der Waals surface area contributed by atoms with E-state index < -0.39 is 18.3 Å². The summed E-state index contributed by atoms with van der Waals surface area (Å²) in [5, 5.41) is 3.85. The minimum Gasteiger partial charge on any atom is -0.355 e. The summed E-state index contributed by atoms with van der Waals surface area (Å²) >= 11 is 0. The minimum absolute atomic E-state index is 0.144. The van der Waals surface area contributed by atoms with Crippen molar-refractivity contribution in [1.82, 2.24) is 0 Å². The molecule has 0 saturated heterocycles. The van der Waals surface area contributed by atoms with E-state index in [1.165, 1.54) is 40.3 Å². The van der Waals surface area contributed by atoms with Crippen LogP contribution in [0, 0.1) is 86.7 Å². The Morgan fingerprint density at radius 3 is 1.50 bits per heavy atom. The number of anilines is 11. The van der Waals surface area contributed by atoms with E-state index in [1.807, 2.05) is 24.0 Å². The maximum absolute atomic E-state index is 17.3. The van der Waals surface area contributed by atoms with Crippen LogP contribution in [0.4, 0.5) is 75.7 Å². The Morgan fingerprint density at radius 1 is 0.338 bits per heavy atom. The lowest BCUT2D eigenvalue weighted by atomic mass is 9.30. The second-order valence-electron chi connectivity index (χ2n) is 22.7. The van der Waals surface area contributed by atoms with Crippen molar-refractivity contribution in [3.8, 4) is 0 Å². The Morgan fingerprint density at radius 2 is 0.838 bits per heavy atom. The fraction of sp³-hybridized carbons (Fsp3) is 0.143. The molecule has 0 unspecified atom stereocenters. The highest BCUT2D eigenvalue weighted by atomic mass is 19.1. The van der Waals surface area contributed by atoms with Crippen LogP contribution in [-0.2, 0) is 0 Å². The predicted octanol–water partition coefficient (Wildman–Crippen LogP) is 12.7. The summed E-state index contributed by atoms with van der Waals surface area (Å²) in [4.78, 5) is 6.40. The zero-order valence-corrected chi connectivity index (χ0v) is 47.0. The minimum atomic E-state index is -0.665. The molecule has 0 atom stereocenters. The number of rotatable bonds is 8. The first kappa shape index (κ1) is 50.9. The van der Waals surface area contributed by atoms with Crippen LogP contribution in [-0.4, -0.2) is 20.7 Å². The van der Waals surface area contributed by atoms with Crippen molar-refractivity contribution in [3.05, 3.63) is 243 Å². The molecule has 1 N–H and O–H groups in total. The van der Waals surface area contributed by atoms with Crippen LogP contribution >= 0.6 is 0 Å². The quantitative estimate of drug-likeness (QED) is 0.153. The van der Waals surface area contributed by atoms with Crippen LogP contribution in [0.5, 0.6) is 0 Å². The summed E-state index contributed by atoms with van der Waals surface area (Å²) in [5.74, 6) is -1.62. The molecule has 0 saturated carbocycles. The molecule has 4 nitrogen and oxygen atoms in total. The van der Waals surface area contributed by atoms with Crippen molar-refractivity contribution in [2.75, 3.05) is 20.0 Å². The van der Waals surface area contributed by atoms with Gasteiger partial charge < -0.3 is 20.0 Å². The average Bonchev–Trinajstić information content (AvgIpc) is 3.28. The summed E-state index contributed by atoms with van der Waals surface area (Å²) in [7, 11) is 0.727. The van der Waals surface area contributed by atoms with E-state index >= 15 is 13.2 Å². The van der Waals surface area contributed by atoms with Crippen LogP contribution in [0.1, 0.15) is 55.6 Å². The zero-order chi connectivity index (χ0) is 55.6. The summed E-state index contributed by atoms with van der Waals surface area (Å²) in [6.45, 7) is 20.6. The van der Waals surface area contributed by atoms with Gasteiger partial charge in [0, 0.05) is 45.5 Å². The third-order valence-electron chi connectivity index (χ3n) is 17.4. The van der Waals surface area contributed by atoms with Crippen LogP contribution in [0.3, 0.4) is 0 Å². The number of benzene rings is 10. The van der Waals surface area contributed by atoms with Gasteiger partial charge in [-0.3, -0.25) is 0 Å². The van der Waals surface area contributed by atoms with Crippen molar-refractivity contribution in [2.45, 2.75) is 69.2 Å². The highest BCUT2D eigenvalue weighted by Gasteiger charge is 2.47. The van der Waals surface area contributed by atoms with Gasteiger partial charge in [-0.1, -0.05) is 154 Å². The first-order valence-electron chi connectivity index (χ1n) is 27.8. The van der Waals surface area contributed by atoms with Crippen LogP contribution < -0.4 is 63.7 Å². The van der Waals surface area contributed by atoms with Gasteiger partial charge in [0.2, 0.25) is 6.71 Å². The van der Waals surface area contributed by atoms with Gasteiger partial charge in [0.05, 0.1) is 11.4 Å². The maximum atomic E-state index is 17.3. The van der Waals surface area contributed by atoms with Gasteiger partial charge in [0.25, 0.3) is 6.71 Å². The molecule has 3 aliphatic heterocycles. The number of aryl methyl sites for hydroxylation is 10. The molecule has 13 rings (SSSR count). The van der Waals surface area contributed by atoms with E-state index in [2.05, 4.69) is 205 Å². The van der Waals surface area contributed by atoms with Gasteiger partial charge >= 0.3 is 0 Å². The summed E-state index contributed by atoms with van der Waals surface area (Å²) in [5.41, 5.74) is 27.7. The Labute approximate surface area is 470 Å². The van der Waals surface area contributed by atoms with Gasteiger partial charge in [0.15, 0.2) is 7.28 Å². The molecule has 0 spiro atoms. The average molecular weight is 1050 g/mol. The molecular weight excluding hydrogens is 986 g/mol. The molecule has 0 radical (unpaired) electrons. The summed E-state index contributed by atoms with van der Waals surface area (Å²) in [6, 6.07) is 57.3. The van der Waals surface area contributed by atoms with Gasteiger partial charge in [-0.25, -0.2) is 13.2 Å². The van der Waals surface area contributed by atoms with Crippen molar-refractivity contribution in [2.24, 2.45) is 0 Å². The number of nitrogens with one attached hydrogen (secondary N) is 1. The van der Waals surface area contributed by atoms with E-state index in [9.17, 15) is 0 Å². The van der Waals surface area contributed by atoms with Gasteiger partial charge in [-0.05, 0) is 185 Å². The molecule has 10 aromatic rings. The first-order chi connectivity index (χ1) is 38.6.